The normalized spacial score (nSPS) is 11.6. The lowest BCUT2D eigenvalue weighted by Gasteiger charge is -2.04. The van der Waals surface area contributed by atoms with Crippen molar-refractivity contribution < 1.29 is 0 Å². The topological polar surface area (TPSA) is 22.2 Å². The van der Waals surface area contributed by atoms with E-state index in [1.54, 1.807) is 0 Å². The van der Waals surface area contributed by atoms with Gasteiger partial charge in [-0.15, -0.1) is 0 Å². The molecular weight excluding hydrogens is 270 g/mol. The zero-order chi connectivity index (χ0) is 14.5. The Labute approximate surface area is 127 Å². The molecular formula is C19H13N3. The minimum absolute atomic E-state index is 0.952. The third-order valence-corrected chi connectivity index (χ3v) is 4.12. The second kappa shape index (κ2) is 4.21. The average molecular weight is 283 g/mol. The zero-order valence-corrected chi connectivity index (χ0v) is 11.8. The summed E-state index contributed by atoms with van der Waals surface area (Å²) in [6.45, 7) is 0. The lowest BCUT2D eigenvalue weighted by Crippen LogP contribution is -1.94. The quantitative estimate of drug-likeness (QED) is 0.446. The molecule has 5 aromatic rings. The van der Waals surface area contributed by atoms with E-state index in [9.17, 15) is 0 Å². The molecule has 0 atom stereocenters. The Morgan fingerprint density at radius 2 is 1.23 bits per heavy atom. The molecule has 5 rings (SSSR count). The first-order chi connectivity index (χ1) is 10.9. The van der Waals surface area contributed by atoms with Crippen molar-refractivity contribution in [3.63, 3.8) is 0 Å². The number of rotatable bonds is 1. The summed E-state index contributed by atoms with van der Waals surface area (Å²) in [5, 5.41) is 0. The Bertz CT molecular complexity index is 1120. The lowest BCUT2D eigenvalue weighted by molar-refractivity contribution is 1.11. The minimum atomic E-state index is 0.952. The van der Waals surface area contributed by atoms with Gasteiger partial charge in [-0.25, -0.2) is 4.98 Å². The van der Waals surface area contributed by atoms with Crippen LogP contribution in [0.1, 0.15) is 0 Å². The summed E-state index contributed by atoms with van der Waals surface area (Å²) in [7, 11) is 0. The molecule has 0 aliphatic rings. The predicted octanol–water partition coefficient (Wildman–Crippen LogP) is 4.43. The molecule has 3 heteroatoms. The van der Waals surface area contributed by atoms with Crippen molar-refractivity contribution in [3.05, 3.63) is 78.9 Å². The van der Waals surface area contributed by atoms with Gasteiger partial charge in [0.2, 0.25) is 5.78 Å². The molecule has 0 saturated carbocycles. The van der Waals surface area contributed by atoms with Crippen molar-refractivity contribution in [2.45, 2.75) is 0 Å². The van der Waals surface area contributed by atoms with Crippen LogP contribution in [0.5, 0.6) is 0 Å². The van der Waals surface area contributed by atoms with Crippen molar-refractivity contribution in [1.82, 2.24) is 14.0 Å². The van der Waals surface area contributed by atoms with Crippen LogP contribution in [0.25, 0.3) is 33.5 Å². The predicted molar refractivity (Wildman–Crippen MR) is 89.5 cm³/mol. The SMILES string of the molecule is c1ccc(-n2c3ccccc3n3c4ccccc4nc23)cc1. The molecule has 104 valence electrons. The number of fused-ring (bicyclic) bond motifs is 5. The maximum atomic E-state index is 4.85. The monoisotopic (exact) mass is 283 g/mol. The fraction of sp³-hybridized carbons (Fsp3) is 0. The van der Waals surface area contributed by atoms with E-state index in [1.807, 2.05) is 12.1 Å². The largest absolute Gasteiger partial charge is 0.278 e. The third kappa shape index (κ3) is 1.42. The van der Waals surface area contributed by atoms with Gasteiger partial charge in [-0.1, -0.05) is 42.5 Å². The van der Waals surface area contributed by atoms with E-state index >= 15 is 0 Å². The van der Waals surface area contributed by atoms with Crippen LogP contribution in [0.3, 0.4) is 0 Å². The Balaban J connectivity index is 2.07. The van der Waals surface area contributed by atoms with E-state index in [4.69, 9.17) is 4.98 Å². The highest BCUT2D eigenvalue weighted by Gasteiger charge is 2.15. The van der Waals surface area contributed by atoms with Gasteiger partial charge in [-0.05, 0) is 36.4 Å². The summed E-state index contributed by atoms with van der Waals surface area (Å²) in [6.07, 6.45) is 0. The maximum Gasteiger partial charge on any atom is 0.220 e. The standard InChI is InChI=1S/C19H13N3/c1-2-8-14(9-3-1)21-17-12-6-7-13-18(17)22-16-11-5-4-10-15(16)20-19(21)22/h1-13H. The lowest BCUT2D eigenvalue weighted by atomic mass is 10.2. The average Bonchev–Trinajstić information content (AvgIpc) is 3.10. The number of benzene rings is 3. The number of para-hydroxylation sites is 5. The van der Waals surface area contributed by atoms with Gasteiger partial charge in [0.15, 0.2) is 0 Å². The van der Waals surface area contributed by atoms with Crippen molar-refractivity contribution in [2.24, 2.45) is 0 Å². The zero-order valence-electron chi connectivity index (χ0n) is 11.8. The highest BCUT2D eigenvalue weighted by Crippen LogP contribution is 2.28. The second-order valence-corrected chi connectivity index (χ2v) is 5.40. The van der Waals surface area contributed by atoms with E-state index in [-0.39, 0.29) is 0 Å². The van der Waals surface area contributed by atoms with Crippen LogP contribution >= 0.6 is 0 Å². The van der Waals surface area contributed by atoms with Gasteiger partial charge in [0.05, 0.1) is 22.1 Å². The Hall–Kier alpha value is -3.07. The molecule has 0 spiro atoms. The molecule has 2 aromatic heterocycles. The van der Waals surface area contributed by atoms with Gasteiger partial charge in [-0.2, -0.15) is 0 Å². The Morgan fingerprint density at radius 3 is 2.05 bits per heavy atom. The highest BCUT2D eigenvalue weighted by molar-refractivity contribution is 5.91. The molecule has 22 heavy (non-hydrogen) atoms. The number of nitrogens with zero attached hydrogens (tertiary/aromatic N) is 3. The van der Waals surface area contributed by atoms with Crippen LogP contribution in [0.15, 0.2) is 78.9 Å². The summed E-state index contributed by atoms with van der Waals surface area (Å²) >= 11 is 0. The Kier molecular flexibility index (Phi) is 2.22. The van der Waals surface area contributed by atoms with Gasteiger partial charge >= 0.3 is 0 Å². The molecule has 3 nitrogen and oxygen atoms in total. The molecule has 0 N–H and O–H groups in total. The molecule has 0 unspecified atom stereocenters. The fourth-order valence-electron chi connectivity index (χ4n) is 3.18. The fourth-order valence-corrected chi connectivity index (χ4v) is 3.18. The van der Waals surface area contributed by atoms with Crippen molar-refractivity contribution in [2.75, 3.05) is 0 Å². The number of hydrogen-bond acceptors (Lipinski definition) is 1. The molecule has 3 aromatic carbocycles. The van der Waals surface area contributed by atoms with Crippen LogP contribution < -0.4 is 0 Å². The summed E-state index contributed by atoms with van der Waals surface area (Å²) in [5.74, 6) is 0.952. The van der Waals surface area contributed by atoms with E-state index in [2.05, 4.69) is 75.7 Å². The summed E-state index contributed by atoms with van der Waals surface area (Å²) in [5.41, 5.74) is 5.64. The first-order valence-electron chi connectivity index (χ1n) is 7.35. The molecule has 0 aliphatic heterocycles. The first kappa shape index (κ1) is 11.6. The van der Waals surface area contributed by atoms with Gasteiger partial charge in [0.25, 0.3) is 0 Å². The van der Waals surface area contributed by atoms with Gasteiger partial charge < -0.3 is 0 Å². The summed E-state index contributed by atoms with van der Waals surface area (Å²) in [6, 6.07) is 27.1. The van der Waals surface area contributed by atoms with Crippen LogP contribution in [-0.4, -0.2) is 14.0 Å². The number of hydrogen-bond donors (Lipinski definition) is 0. The van der Waals surface area contributed by atoms with E-state index in [1.165, 1.54) is 11.0 Å². The van der Waals surface area contributed by atoms with Gasteiger partial charge in [0, 0.05) is 5.69 Å². The maximum absolute atomic E-state index is 4.85. The van der Waals surface area contributed by atoms with Crippen LogP contribution in [0.2, 0.25) is 0 Å². The van der Waals surface area contributed by atoms with Crippen molar-refractivity contribution >= 4 is 27.8 Å². The van der Waals surface area contributed by atoms with Gasteiger partial charge in [0.1, 0.15) is 0 Å². The minimum Gasteiger partial charge on any atom is -0.278 e. The summed E-state index contributed by atoms with van der Waals surface area (Å²) in [4.78, 5) is 4.85. The van der Waals surface area contributed by atoms with E-state index in [0.717, 1.165) is 22.5 Å². The van der Waals surface area contributed by atoms with Gasteiger partial charge in [-0.3, -0.25) is 8.97 Å². The van der Waals surface area contributed by atoms with Crippen molar-refractivity contribution in [3.8, 4) is 5.69 Å². The highest BCUT2D eigenvalue weighted by atomic mass is 15.2. The van der Waals surface area contributed by atoms with Crippen LogP contribution in [-0.2, 0) is 0 Å². The van der Waals surface area contributed by atoms with Crippen LogP contribution in [0.4, 0.5) is 0 Å². The Morgan fingerprint density at radius 1 is 0.591 bits per heavy atom. The molecule has 0 saturated heterocycles. The molecule has 0 radical (unpaired) electrons. The molecule has 2 heterocycles. The molecule has 0 aliphatic carbocycles. The smallest absolute Gasteiger partial charge is 0.220 e. The van der Waals surface area contributed by atoms with Crippen LogP contribution in [0, 0.1) is 0 Å². The number of imidazole rings is 2. The first-order valence-corrected chi connectivity index (χ1v) is 7.35. The third-order valence-electron chi connectivity index (χ3n) is 4.12. The van der Waals surface area contributed by atoms with E-state index < -0.39 is 0 Å². The molecule has 0 bridgehead atoms. The summed E-state index contributed by atoms with van der Waals surface area (Å²) < 4.78 is 4.45. The molecule has 0 fully saturated rings. The van der Waals surface area contributed by atoms with Crippen molar-refractivity contribution in [1.29, 1.82) is 0 Å². The number of aromatic nitrogens is 3. The molecule has 0 amide bonds. The second-order valence-electron chi connectivity index (χ2n) is 5.40. The van der Waals surface area contributed by atoms with E-state index in [0.29, 0.717) is 0 Å².